The molecule has 0 radical (unpaired) electrons. The number of benzene rings is 1. The van der Waals surface area contributed by atoms with Gasteiger partial charge in [-0.05, 0) is 44.9 Å². The van der Waals surface area contributed by atoms with Crippen molar-refractivity contribution >= 4 is 23.7 Å². The number of fused-ring (bicyclic) bond motifs is 2. The van der Waals surface area contributed by atoms with Gasteiger partial charge in [0, 0.05) is 32.6 Å². The Morgan fingerprint density at radius 3 is 2.62 bits per heavy atom. The van der Waals surface area contributed by atoms with Gasteiger partial charge in [0.1, 0.15) is 42.0 Å². The predicted octanol–water partition coefficient (Wildman–Crippen LogP) is 2.79. The topological polar surface area (TPSA) is 139 Å². The Hall–Kier alpha value is -3.25. The van der Waals surface area contributed by atoms with Crippen LogP contribution < -0.4 is 14.8 Å². The van der Waals surface area contributed by atoms with Crippen molar-refractivity contribution in [2.75, 3.05) is 27.1 Å². The molecule has 3 rings (SSSR count). The number of rotatable bonds is 8. The third-order valence-corrected chi connectivity index (χ3v) is 6.40. The summed E-state index contributed by atoms with van der Waals surface area (Å²) in [6.07, 6.45) is 4.09. The fourth-order valence-electron chi connectivity index (χ4n) is 4.20. The van der Waals surface area contributed by atoms with Crippen molar-refractivity contribution in [1.82, 2.24) is 5.32 Å². The van der Waals surface area contributed by atoms with Gasteiger partial charge in [0.2, 0.25) is 5.91 Å². The summed E-state index contributed by atoms with van der Waals surface area (Å²) in [6.45, 7) is 8.20. The van der Waals surface area contributed by atoms with Crippen LogP contribution in [0.5, 0.6) is 11.5 Å². The van der Waals surface area contributed by atoms with E-state index < -0.39 is 36.2 Å². The van der Waals surface area contributed by atoms with E-state index in [0.717, 1.165) is 0 Å². The first-order valence-corrected chi connectivity index (χ1v) is 13.2. The van der Waals surface area contributed by atoms with Crippen molar-refractivity contribution in [3.63, 3.8) is 0 Å². The van der Waals surface area contributed by atoms with Crippen LogP contribution in [0.2, 0.25) is 0 Å². The second-order valence-electron chi connectivity index (χ2n) is 10.3. The standard InChI is InChI=1S/C29H39NO10/c1-17-10-11-23(33)27-24(39-29(4,5)40-27)9-7-8-20-12-22(36-15-21(32)14-30-19(3)31)13-25(37-16-35-6)26(20)28(34)38-18(17)2/h7-8,10-13,17-18,21,24,27,32H,9,14-16H2,1-6H3,(H,30,31)/b8-7?,11-10-/t17-,18+,21?,24+,27-/m1/s1. The highest BCUT2D eigenvalue weighted by molar-refractivity contribution is 5.97. The van der Waals surface area contributed by atoms with Gasteiger partial charge in [0.05, 0.1) is 6.10 Å². The van der Waals surface area contributed by atoms with Crippen LogP contribution in [0.25, 0.3) is 6.08 Å². The van der Waals surface area contributed by atoms with E-state index in [9.17, 15) is 19.5 Å². The molecule has 11 nitrogen and oxygen atoms in total. The number of aliphatic hydroxyl groups excluding tert-OH is 1. The van der Waals surface area contributed by atoms with Crippen LogP contribution in [-0.4, -0.2) is 80.0 Å². The molecular weight excluding hydrogens is 522 g/mol. The highest BCUT2D eigenvalue weighted by atomic mass is 16.8. The predicted molar refractivity (Wildman–Crippen MR) is 145 cm³/mol. The lowest BCUT2D eigenvalue weighted by atomic mass is 9.99. The second-order valence-corrected chi connectivity index (χ2v) is 10.3. The van der Waals surface area contributed by atoms with Gasteiger partial charge in [-0.1, -0.05) is 25.2 Å². The Morgan fingerprint density at radius 2 is 1.93 bits per heavy atom. The quantitative estimate of drug-likeness (QED) is 0.360. The molecule has 0 spiro atoms. The van der Waals surface area contributed by atoms with E-state index in [1.165, 1.54) is 26.2 Å². The third kappa shape index (κ3) is 8.62. The number of cyclic esters (lactones) is 1. The van der Waals surface area contributed by atoms with Crippen LogP contribution in [0, 0.1) is 5.92 Å². The first-order valence-electron chi connectivity index (χ1n) is 13.2. The number of hydrogen-bond donors (Lipinski definition) is 2. The van der Waals surface area contributed by atoms with Crippen LogP contribution in [0.1, 0.15) is 57.0 Å². The maximum Gasteiger partial charge on any atom is 0.342 e. The maximum absolute atomic E-state index is 13.4. The van der Waals surface area contributed by atoms with Gasteiger partial charge in [0.15, 0.2) is 18.4 Å². The molecule has 2 aliphatic rings. The highest BCUT2D eigenvalue weighted by Crippen LogP contribution is 2.34. The van der Waals surface area contributed by atoms with E-state index in [1.54, 1.807) is 45.1 Å². The molecule has 1 aromatic rings. The Bertz CT molecular complexity index is 1130. The molecule has 1 saturated heterocycles. The van der Waals surface area contributed by atoms with Crippen molar-refractivity contribution < 1.29 is 47.9 Å². The summed E-state index contributed by atoms with van der Waals surface area (Å²) in [7, 11) is 1.45. The molecular formula is C29H39NO10. The molecule has 220 valence electrons. The monoisotopic (exact) mass is 561 g/mol. The van der Waals surface area contributed by atoms with Gasteiger partial charge in [-0.25, -0.2) is 4.79 Å². The lowest BCUT2D eigenvalue weighted by Gasteiger charge is -2.21. The molecule has 2 heterocycles. The lowest BCUT2D eigenvalue weighted by Crippen LogP contribution is -2.33. The summed E-state index contributed by atoms with van der Waals surface area (Å²) >= 11 is 0. The van der Waals surface area contributed by atoms with Crippen molar-refractivity contribution in [2.24, 2.45) is 5.92 Å². The number of methoxy groups -OCH3 is 1. The van der Waals surface area contributed by atoms with Crippen LogP contribution in [0.15, 0.2) is 30.4 Å². The normalized spacial score (nSPS) is 26.1. The van der Waals surface area contributed by atoms with Crippen LogP contribution >= 0.6 is 0 Å². The minimum absolute atomic E-state index is 0.0176. The molecule has 1 fully saturated rings. The van der Waals surface area contributed by atoms with Gasteiger partial charge < -0.3 is 38.8 Å². The molecule has 40 heavy (non-hydrogen) atoms. The molecule has 0 aromatic heterocycles. The Morgan fingerprint density at radius 1 is 1.18 bits per heavy atom. The average Bonchev–Trinajstić information content (AvgIpc) is 3.21. The van der Waals surface area contributed by atoms with Gasteiger partial charge in [0.25, 0.3) is 0 Å². The van der Waals surface area contributed by atoms with E-state index in [1.807, 2.05) is 6.92 Å². The molecule has 2 aliphatic heterocycles. The largest absolute Gasteiger partial charge is 0.491 e. The molecule has 1 aromatic carbocycles. The lowest BCUT2D eigenvalue weighted by molar-refractivity contribution is -0.152. The third-order valence-electron chi connectivity index (χ3n) is 6.40. The minimum Gasteiger partial charge on any atom is -0.491 e. The van der Waals surface area contributed by atoms with Crippen molar-refractivity contribution in [3.05, 3.63) is 41.5 Å². The maximum atomic E-state index is 13.4. The van der Waals surface area contributed by atoms with Crippen LogP contribution in [0.3, 0.4) is 0 Å². The number of nitrogens with one attached hydrogen (secondary N) is 1. The number of aliphatic hydroxyl groups is 1. The summed E-state index contributed by atoms with van der Waals surface area (Å²) < 4.78 is 34.2. The molecule has 0 saturated carbocycles. The van der Waals surface area contributed by atoms with Crippen molar-refractivity contribution in [2.45, 2.75) is 71.2 Å². The zero-order valence-electron chi connectivity index (χ0n) is 23.8. The SMILES string of the molecule is COCOc1cc(OCC(O)CNC(C)=O)cc2c1C(=O)O[C@@H](C)[C@H](C)/C=C\C(=O)[C@H]1OC(C)(C)O[C@H]1CC=C2. The fraction of sp³-hybridized carbons (Fsp3) is 0.552. The Labute approximate surface area is 234 Å². The first kappa shape index (κ1) is 31.3. The summed E-state index contributed by atoms with van der Waals surface area (Å²) in [5, 5.41) is 12.7. The second kappa shape index (κ2) is 13.9. The number of esters is 1. The van der Waals surface area contributed by atoms with Crippen molar-refractivity contribution in [3.8, 4) is 11.5 Å². The number of carbonyl (C=O) groups excluding carboxylic acids is 3. The van der Waals surface area contributed by atoms with E-state index in [2.05, 4.69) is 5.32 Å². The number of ether oxygens (including phenoxy) is 6. The minimum atomic E-state index is -0.964. The Balaban J connectivity index is 2.00. The molecule has 11 heteroatoms. The molecule has 1 unspecified atom stereocenters. The van der Waals surface area contributed by atoms with Crippen molar-refractivity contribution in [1.29, 1.82) is 0 Å². The molecule has 2 N–H and O–H groups in total. The highest BCUT2D eigenvalue weighted by Gasteiger charge is 2.43. The zero-order chi connectivity index (χ0) is 29.4. The van der Waals surface area contributed by atoms with E-state index in [0.29, 0.717) is 17.7 Å². The van der Waals surface area contributed by atoms with Gasteiger partial charge in [-0.2, -0.15) is 0 Å². The summed E-state index contributed by atoms with van der Waals surface area (Å²) in [4.78, 5) is 37.5. The van der Waals surface area contributed by atoms with E-state index in [4.69, 9.17) is 28.4 Å². The number of carbonyl (C=O) groups is 3. The summed E-state index contributed by atoms with van der Waals surface area (Å²) in [5.74, 6) is -1.86. The van der Waals surface area contributed by atoms with Gasteiger partial charge >= 0.3 is 5.97 Å². The molecule has 0 aliphatic carbocycles. The fourth-order valence-corrected chi connectivity index (χ4v) is 4.20. The number of ketones is 1. The van der Waals surface area contributed by atoms with Crippen LogP contribution in [-0.2, 0) is 28.5 Å². The molecule has 5 atom stereocenters. The van der Waals surface area contributed by atoms with E-state index >= 15 is 0 Å². The van der Waals surface area contributed by atoms with Gasteiger partial charge in [-0.3, -0.25) is 9.59 Å². The smallest absolute Gasteiger partial charge is 0.342 e. The first-order chi connectivity index (χ1) is 18.9. The van der Waals surface area contributed by atoms with Crippen LogP contribution in [0.4, 0.5) is 0 Å². The van der Waals surface area contributed by atoms with Gasteiger partial charge in [-0.15, -0.1) is 0 Å². The Kier molecular flexibility index (Phi) is 10.9. The number of hydrogen-bond acceptors (Lipinski definition) is 10. The molecule has 1 amide bonds. The summed E-state index contributed by atoms with van der Waals surface area (Å²) in [6, 6.07) is 3.14. The molecule has 0 bridgehead atoms. The van der Waals surface area contributed by atoms with E-state index in [-0.39, 0.29) is 48.9 Å². The number of amides is 1. The zero-order valence-corrected chi connectivity index (χ0v) is 23.8. The summed E-state index contributed by atoms with van der Waals surface area (Å²) in [5.41, 5.74) is 0.592. The average molecular weight is 562 g/mol.